The Kier molecular flexibility index (Phi) is 20.9. The average molecular weight is 1390 g/mol. The molecule has 4 aromatic carbocycles. The van der Waals surface area contributed by atoms with Crippen LogP contribution < -0.4 is 0 Å². The van der Waals surface area contributed by atoms with E-state index in [1.165, 1.54) is 41.4 Å². The third-order valence-corrected chi connectivity index (χ3v) is 24.3. The highest BCUT2D eigenvalue weighted by molar-refractivity contribution is 5.89. The summed E-state index contributed by atoms with van der Waals surface area (Å²) in [5.74, 6) is -2.76. The minimum atomic E-state index is -1.01. The van der Waals surface area contributed by atoms with Crippen molar-refractivity contribution in [1.29, 1.82) is 0 Å². The zero-order valence-corrected chi connectivity index (χ0v) is 59.3. The molecule has 11 aliphatic rings. The molecule has 5 aliphatic carbocycles. The van der Waals surface area contributed by atoms with Gasteiger partial charge in [0.2, 0.25) is 0 Å². The lowest BCUT2D eigenvalue weighted by atomic mass is 9.69. The van der Waals surface area contributed by atoms with Crippen LogP contribution >= 0.6 is 0 Å². The van der Waals surface area contributed by atoms with Crippen molar-refractivity contribution in [2.75, 3.05) is 19.8 Å². The molecule has 102 heavy (non-hydrogen) atoms. The minimum Gasteiger partial charge on any atom is -0.457 e. The number of esters is 6. The van der Waals surface area contributed by atoms with Gasteiger partial charge in [0.05, 0.1) is 0 Å². The molecule has 0 aromatic heterocycles. The van der Waals surface area contributed by atoms with E-state index >= 15 is 0 Å². The van der Waals surface area contributed by atoms with Crippen molar-refractivity contribution in [3.63, 3.8) is 0 Å². The first-order valence-corrected chi connectivity index (χ1v) is 36.6. The molecular weight excluding hydrogens is 1300 g/mol. The maximum atomic E-state index is 13.2. The number of carbonyl (C=O) groups excluding carboxylic acids is 6. The second-order valence-electron chi connectivity index (χ2n) is 30.3. The topological polar surface area (TPSA) is 246 Å². The average Bonchev–Trinajstić information content (AvgIpc) is 1.54. The number of allylic oxidation sites excluding steroid dienone is 3. The van der Waals surface area contributed by atoms with E-state index in [-0.39, 0.29) is 35.6 Å². The number of fused-ring (bicyclic) bond motifs is 12. The summed E-state index contributed by atoms with van der Waals surface area (Å²) in [7, 11) is 0. The third kappa shape index (κ3) is 13.6. The van der Waals surface area contributed by atoms with Crippen molar-refractivity contribution in [1.82, 2.24) is 0 Å². The number of aliphatic hydroxyl groups excluding tert-OH is 3. The first-order valence-electron chi connectivity index (χ1n) is 36.6. The van der Waals surface area contributed by atoms with Crippen LogP contribution in [0.4, 0.5) is 0 Å². The molecule has 15 rings (SSSR count). The Hall–Kier alpha value is -8.10. The molecule has 0 radical (unpaired) electrons. The van der Waals surface area contributed by atoms with E-state index in [1.54, 1.807) is 18.2 Å². The summed E-state index contributed by atoms with van der Waals surface area (Å²) >= 11 is 0. The van der Waals surface area contributed by atoms with Crippen LogP contribution in [-0.2, 0) is 77.0 Å². The van der Waals surface area contributed by atoms with Gasteiger partial charge in [0.1, 0.15) is 71.7 Å². The highest BCUT2D eigenvalue weighted by atomic mass is 16.6. The predicted molar refractivity (Wildman–Crippen MR) is 378 cm³/mol. The summed E-state index contributed by atoms with van der Waals surface area (Å²) in [5, 5.41) is 28.0. The molecular formula is C84H96O18. The van der Waals surface area contributed by atoms with Crippen molar-refractivity contribution in [2.24, 2.45) is 29.6 Å². The van der Waals surface area contributed by atoms with E-state index in [0.29, 0.717) is 19.3 Å². The zero-order valence-electron chi connectivity index (χ0n) is 59.3. The van der Waals surface area contributed by atoms with Gasteiger partial charge in [-0.1, -0.05) is 157 Å². The van der Waals surface area contributed by atoms with Crippen LogP contribution in [0.3, 0.4) is 0 Å². The van der Waals surface area contributed by atoms with Gasteiger partial charge < -0.3 is 58.0 Å². The van der Waals surface area contributed by atoms with Gasteiger partial charge in [0, 0.05) is 55.2 Å². The number of rotatable bonds is 18. The predicted octanol–water partition coefficient (Wildman–Crippen LogP) is 12.7. The zero-order chi connectivity index (χ0) is 71.8. The van der Waals surface area contributed by atoms with Gasteiger partial charge in [-0.25, -0.2) is 28.8 Å². The largest absolute Gasteiger partial charge is 0.457 e. The normalized spacial score (nSPS) is 34.0. The number of hydrogen-bond acceptors (Lipinski definition) is 18. The lowest BCUT2D eigenvalue weighted by Gasteiger charge is -2.52. The molecule has 18 nitrogen and oxygen atoms in total. The van der Waals surface area contributed by atoms with E-state index in [1.807, 2.05) is 142 Å². The van der Waals surface area contributed by atoms with Crippen LogP contribution in [0.5, 0.6) is 0 Å². The van der Waals surface area contributed by atoms with E-state index < -0.39 is 120 Å². The number of hydrogen-bond donors (Lipinski definition) is 3. The Labute approximate surface area is 597 Å². The number of benzene rings is 4. The molecule has 6 bridgehead atoms. The summed E-state index contributed by atoms with van der Waals surface area (Å²) in [6, 6.07) is 38.6. The molecule has 540 valence electrons. The fourth-order valence-corrected chi connectivity index (χ4v) is 19.4. The maximum Gasteiger partial charge on any atom is 0.332 e. The van der Waals surface area contributed by atoms with Gasteiger partial charge in [0.25, 0.3) is 0 Å². The van der Waals surface area contributed by atoms with Crippen molar-refractivity contribution in [3.05, 3.63) is 195 Å². The molecule has 6 saturated heterocycles. The third-order valence-electron chi connectivity index (χ3n) is 24.3. The Morgan fingerprint density at radius 2 is 0.725 bits per heavy atom. The molecule has 3 N–H and O–H groups in total. The van der Waals surface area contributed by atoms with Crippen LogP contribution in [-0.4, -0.2) is 136 Å². The van der Waals surface area contributed by atoms with E-state index in [2.05, 4.69) is 20.8 Å². The highest BCUT2D eigenvalue weighted by Crippen LogP contribution is 2.67. The molecule has 15 atom stereocenters. The molecule has 0 spiro atoms. The SMILES string of the molecule is CC1=C2[C@@H](CC1)[C@]1(C)O[C@@](C3CC3)(C[C@H]1OC(=O)CO)[C@H]2OC(=O)/C=C/c1ccccc1.CC1=C2[C@@H](CC1)[C@]1(C)O[C@@](C3CCCCC3)(C[C@H]1OC(=O)CO)[C@H]2OC(=O)/C=C/c1ccccc1.CC1=C2[C@@H](CC1)[C@]1(C)O[C@@](c3ccccc3)(C[C@H]1OC(=O)CO)[C@H]2OC(=O)/C=C/c1ccccc1. The fourth-order valence-electron chi connectivity index (χ4n) is 19.4. The van der Waals surface area contributed by atoms with Crippen LogP contribution in [0.2, 0.25) is 0 Å². The van der Waals surface area contributed by atoms with Crippen LogP contribution in [0.1, 0.15) is 167 Å². The molecule has 2 saturated carbocycles. The van der Waals surface area contributed by atoms with Gasteiger partial charge in [-0.2, -0.15) is 0 Å². The highest BCUT2D eigenvalue weighted by Gasteiger charge is 2.74. The number of ether oxygens (including phenoxy) is 9. The Balaban J connectivity index is 0.000000137. The molecule has 6 heterocycles. The lowest BCUT2D eigenvalue weighted by molar-refractivity contribution is -0.229. The van der Waals surface area contributed by atoms with Crippen molar-refractivity contribution < 1.29 is 86.7 Å². The van der Waals surface area contributed by atoms with Gasteiger partial charge in [0.15, 0.2) is 18.3 Å². The standard InChI is InChI=1S/C29H36O6.C29H30O6.C26H30O6/c2*1-19-13-15-22-26(19)27(34-24(31)16-14-20-9-5-3-6-10-20)29(21-11-7-4-8-12-21)17-23(28(22,2)35-29)33-25(32)18-30;1-16-8-12-19-23(16)24(31-21(28)13-9-17-6-4-3-5-7-17)26(18-10-11-18)14-20(25(19,2)32-26)30-22(29)15-27/h3,5-6,9-10,14,16,21-23,27,30H,4,7-8,11-13,15,17-18H2,1-2H3;3-12,14,16,22-23,27,30H,13,15,17-18H2,1-2H3;3-7,9,13,18-20,24,27H,8,10-12,14-15H2,1-2H3/b2*16-14+;13-9+/t2*22-,23-,27+,28+,29-;19-,20-,24+,25+,26-/m111/s1. The number of carbonyl (C=O) groups is 6. The summed E-state index contributed by atoms with van der Waals surface area (Å²) in [5.41, 5.74) is 6.08. The fraction of sp³-hybridized carbons (Fsp3) is 0.500. The van der Waals surface area contributed by atoms with Crippen molar-refractivity contribution >= 4 is 54.0 Å². The molecule has 8 fully saturated rings. The summed E-state index contributed by atoms with van der Waals surface area (Å²) in [6.07, 6.45) is 20.5. The van der Waals surface area contributed by atoms with E-state index in [0.717, 1.165) is 116 Å². The van der Waals surface area contributed by atoms with Gasteiger partial charge in [-0.3, -0.25) is 0 Å². The van der Waals surface area contributed by atoms with E-state index in [9.17, 15) is 44.1 Å². The van der Waals surface area contributed by atoms with Crippen LogP contribution in [0, 0.1) is 29.6 Å². The van der Waals surface area contributed by atoms with Crippen LogP contribution in [0.25, 0.3) is 18.2 Å². The Bertz CT molecular complexity index is 3980. The Morgan fingerprint density at radius 3 is 1.09 bits per heavy atom. The van der Waals surface area contributed by atoms with Gasteiger partial charge in [-0.05, 0) is 175 Å². The molecule has 0 unspecified atom stereocenters. The first-order chi connectivity index (χ1) is 49.1. The summed E-state index contributed by atoms with van der Waals surface area (Å²) < 4.78 is 56.6. The summed E-state index contributed by atoms with van der Waals surface area (Å²) in [6.45, 7) is 10.4. The summed E-state index contributed by atoms with van der Waals surface area (Å²) in [4.78, 5) is 75.5. The number of aliphatic hydroxyl groups is 3. The molecule has 18 heteroatoms. The lowest BCUT2D eigenvalue weighted by Crippen LogP contribution is -2.59. The van der Waals surface area contributed by atoms with Gasteiger partial charge in [-0.15, -0.1) is 0 Å². The Morgan fingerprint density at radius 1 is 0.402 bits per heavy atom. The van der Waals surface area contributed by atoms with E-state index in [4.69, 9.17) is 42.6 Å². The second-order valence-corrected chi connectivity index (χ2v) is 30.3. The second kappa shape index (κ2) is 29.6. The quantitative estimate of drug-likeness (QED) is 0.0363. The maximum absolute atomic E-state index is 13.2. The van der Waals surface area contributed by atoms with Crippen LogP contribution in [0.15, 0.2) is 173 Å². The minimum absolute atomic E-state index is 0.00844. The van der Waals surface area contributed by atoms with Gasteiger partial charge >= 0.3 is 35.8 Å². The molecule has 4 aromatic rings. The van der Waals surface area contributed by atoms with Crippen molar-refractivity contribution in [2.45, 2.75) is 215 Å². The monoisotopic (exact) mass is 1390 g/mol. The molecule has 0 amide bonds. The molecule has 6 aliphatic heterocycles. The smallest absolute Gasteiger partial charge is 0.332 e. The van der Waals surface area contributed by atoms with Crippen molar-refractivity contribution in [3.8, 4) is 0 Å². The first kappa shape index (κ1) is 72.3.